The monoisotopic (exact) mass is 441 g/mol. The largest absolute Gasteiger partial charge is 0.418 e. The highest BCUT2D eigenvalue weighted by Crippen LogP contribution is 2.39. The van der Waals surface area contributed by atoms with Crippen LogP contribution in [0.3, 0.4) is 0 Å². The van der Waals surface area contributed by atoms with Gasteiger partial charge in [-0.2, -0.15) is 13.2 Å². The molecule has 30 heavy (non-hydrogen) atoms. The van der Waals surface area contributed by atoms with Crippen LogP contribution in [0.25, 0.3) is 0 Å². The van der Waals surface area contributed by atoms with Crippen LogP contribution in [0.1, 0.15) is 18.1 Å². The van der Waals surface area contributed by atoms with Crippen molar-refractivity contribution in [3.8, 4) is 0 Å². The van der Waals surface area contributed by atoms with Gasteiger partial charge in [-0.3, -0.25) is 9.52 Å². The molecule has 1 heterocycles. The highest BCUT2D eigenvalue weighted by Gasteiger charge is 2.36. The average Bonchev–Trinajstić information content (AvgIpc) is 2.67. The van der Waals surface area contributed by atoms with Crippen molar-refractivity contribution in [1.29, 1.82) is 0 Å². The third-order valence-electron chi connectivity index (χ3n) is 4.95. The molecule has 1 saturated heterocycles. The Labute approximate surface area is 173 Å². The van der Waals surface area contributed by atoms with Gasteiger partial charge in [-0.05, 0) is 37.3 Å². The number of hydrogen-bond donors (Lipinski definition) is 1. The summed E-state index contributed by atoms with van der Waals surface area (Å²) in [7, 11) is -4.02. The van der Waals surface area contributed by atoms with Gasteiger partial charge in [0.25, 0.3) is 10.0 Å². The molecular formula is C20H22F3N3O3S. The molecule has 0 saturated carbocycles. The maximum atomic E-state index is 13.7. The number of alkyl halides is 3. The van der Waals surface area contributed by atoms with Crippen molar-refractivity contribution in [2.24, 2.45) is 0 Å². The Morgan fingerprint density at radius 1 is 1.00 bits per heavy atom. The van der Waals surface area contributed by atoms with Gasteiger partial charge in [0, 0.05) is 44.5 Å². The van der Waals surface area contributed by atoms with Gasteiger partial charge < -0.3 is 9.80 Å². The molecule has 0 radical (unpaired) electrons. The van der Waals surface area contributed by atoms with Crippen LogP contribution in [0.15, 0.2) is 47.4 Å². The molecule has 1 fully saturated rings. The predicted octanol–water partition coefficient (Wildman–Crippen LogP) is 3.48. The Morgan fingerprint density at radius 3 is 2.13 bits per heavy atom. The van der Waals surface area contributed by atoms with E-state index in [1.165, 1.54) is 31.2 Å². The summed E-state index contributed by atoms with van der Waals surface area (Å²) in [5.41, 5.74) is -0.275. The maximum absolute atomic E-state index is 13.7. The van der Waals surface area contributed by atoms with Crippen molar-refractivity contribution in [1.82, 2.24) is 4.90 Å². The van der Waals surface area contributed by atoms with Crippen molar-refractivity contribution in [2.45, 2.75) is 24.9 Å². The molecule has 1 amide bonds. The topological polar surface area (TPSA) is 69.7 Å². The molecule has 3 rings (SSSR count). The van der Waals surface area contributed by atoms with Crippen LogP contribution in [-0.4, -0.2) is 45.4 Å². The summed E-state index contributed by atoms with van der Waals surface area (Å²) >= 11 is 0. The minimum Gasteiger partial charge on any atom is -0.367 e. The van der Waals surface area contributed by atoms with Gasteiger partial charge in [-0.25, -0.2) is 8.42 Å². The summed E-state index contributed by atoms with van der Waals surface area (Å²) in [4.78, 5) is 14.5. The minimum absolute atomic E-state index is 0.0360. The SMILES string of the molecule is CC(=O)N1CCN(c2ccc(NS(=O)(=O)c3ccc(C)cc3)cc2C(F)(F)F)CC1. The van der Waals surface area contributed by atoms with E-state index in [0.717, 1.165) is 11.6 Å². The molecule has 10 heteroatoms. The molecule has 1 aliphatic rings. The third-order valence-corrected chi connectivity index (χ3v) is 6.35. The van der Waals surface area contributed by atoms with Gasteiger partial charge in [0.05, 0.1) is 10.5 Å². The van der Waals surface area contributed by atoms with E-state index in [0.29, 0.717) is 13.1 Å². The highest BCUT2D eigenvalue weighted by atomic mass is 32.2. The Morgan fingerprint density at radius 2 is 1.60 bits per heavy atom. The number of nitrogens with zero attached hydrogens (tertiary/aromatic N) is 2. The van der Waals surface area contributed by atoms with Crippen LogP contribution in [-0.2, 0) is 21.0 Å². The standard InChI is InChI=1S/C20H22F3N3O3S/c1-14-3-6-17(7-4-14)30(28,29)24-16-5-8-19(18(13-16)20(21,22)23)26-11-9-25(10-12-26)15(2)27/h3-8,13,24H,9-12H2,1-2H3. The van der Waals surface area contributed by atoms with Crippen molar-refractivity contribution >= 4 is 27.3 Å². The molecule has 0 bridgehead atoms. The van der Waals surface area contributed by atoms with E-state index in [2.05, 4.69) is 4.72 Å². The number of rotatable bonds is 4. The number of carbonyl (C=O) groups is 1. The lowest BCUT2D eigenvalue weighted by molar-refractivity contribution is -0.137. The number of sulfonamides is 1. The van der Waals surface area contributed by atoms with Gasteiger partial charge in [0.15, 0.2) is 0 Å². The summed E-state index contributed by atoms with van der Waals surface area (Å²) < 4.78 is 68.4. The lowest BCUT2D eigenvalue weighted by Gasteiger charge is -2.36. The van der Waals surface area contributed by atoms with Crippen molar-refractivity contribution < 1.29 is 26.4 Å². The predicted molar refractivity (Wildman–Crippen MR) is 108 cm³/mol. The van der Waals surface area contributed by atoms with E-state index in [1.807, 2.05) is 0 Å². The number of benzene rings is 2. The molecule has 0 spiro atoms. The number of hydrogen-bond acceptors (Lipinski definition) is 4. The average molecular weight is 441 g/mol. The smallest absolute Gasteiger partial charge is 0.367 e. The second-order valence-corrected chi connectivity index (χ2v) is 8.82. The minimum atomic E-state index is -4.67. The van der Waals surface area contributed by atoms with E-state index < -0.39 is 21.8 Å². The van der Waals surface area contributed by atoms with Gasteiger partial charge in [0.1, 0.15) is 0 Å². The Kier molecular flexibility index (Phi) is 5.98. The first kappa shape index (κ1) is 21.9. The summed E-state index contributed by atoms with van der Waals surface area (Å²) in [5, 5.41) is 0. The maximum Gasteiger partial charge on any atom is 0.418 e. The number of carbonyl (C=O) groups excluding carboxylic acids is 1. The second kappa shape index (κ2) is 8.17. The summed E-state index contributed by atoms with van der Waals surface area (Å²) in [6, 6.07) is 9.39. The Hall–Kier alpha value is -2.75. The van der Waals surface area contributed by atoms with Crippen molar-refractivity contribution in [2.75, 3.05) is 35.8 Å². The lowest BCUT2D eigenvalue weighted by Crippen LogP contribution is -2.48. The molecule has 0 unspecified atom stereocenters. The number of aryl methyl sites for hydroxylation is 1. The fourth-order valence-corrected chi connectivity index (χ4v) is 4.35. The molecule has 162 valence electrons. The molecule has 0 aliphatic carbocycles. The molecular weight excluding hydrogens is 419 g/mol. The van der Waals surface area contributed by atoms with Crippen molar-refractivity contribution in [3.63, 3.8) is 0 Å². The summed E-state index contributed by atoms with van der Waals surface area (Å²) in [6.45, 7) is 4.40. The van der Waals surface area contributed by atoms with Crippen LogP contribution in [0.5, 0.6) is 0 Å². The second-order valence-electron chi connectivity index (χ2n) is 7.14. The highest BCUT2D eigenvalue weighted by molar-refractivity contribution is 7.92. The van der Waals surface area contributed by atoms with Gasteiger partial charge >= 0.3 is 6.18 Å². The van der Waals surface area contributed by atoms with E-state index in [9.17, 15) is 26.4 Å². The number of nitrogens with one attached hydrogen (secondary N) is 1. The summed E-state index contributed by atoms with van der Waals surface area (Å²) in [5.74, 6) is -0.119. The molecule has 6 nitrogen and oxygen atoms in total. The number of anilines is 2. The number of piperazine rings is 1. The fourth-order valence-electron chi connectivity index (χ4n) is 3.30. The van der Waals surface area contributed by atoms with E-state index in [1.54, 1.807) is 28.9 Å². The fraction of sp³-hybridized carbons (Fsp3) is 0.350. The van der Waals surface area contributed by atoms with Crippen molar-refractivity contribution in [3.05, 3.63) is 53.6 Å². The first-order chi connectivity index (χ1) is 14.0. The molecule has 1 aliphatic heterocycles. The quantitative estimate of drug-likeness (QED) is 0.789. The van der Waals surface area contributed by atoms with Gasteiger partial charge in [-0.1, -0.05) is 17.7 Å². The Bertz CT molecular complexity index is 1030. The first-order valence-electron chi connectivity index (χ1n) is 9.28. The van der Waals surface area contributed by atoms with Crippen LogP contribution >= 0.6 is 0 Å². The number of amides is 1. The van der Waals surface area contributed by atoms with Gasteiger partial charge in [0.2, 0.25) is 5.91 Å². The first-order valence-corrected chi connectivity index (χ1v) is 10.8. The molecule has 0 atom stereocenters. The molecule has 0 aromatic heterocycles. The molecule has 2 aromatic carbocycles. The molecule has 1 N–H and O–H groups in total. The van der Waals surface area contributed by atoms with Crippen LogP contribution < -0.4 is 9.62 Å². The lowest BCUT2D eigenvalue weighted by atomic mass is 10.1. The van der Waals surface area contributed by atoms with E-state index >= 15 is 0 Å². The zero-order valence-corrected chi connectivity index (χ0v) is 17.3. The van der Waals surface area contributed by atoms with Crippen LogP contribution in [0.2, 0.25) is 0 Å². The van der Waals surface area contributed by atoms with Crippen LogP contribution in [0, 0.1) is 6.92 Å². The van der Waals surface area contributed by atoms with Crippen LogP contribution in [0.4, 0.5) is 24.5 Å². The zero-order chi connectivity index (χ0) is 22.1. The molecule has 2 aromatic rings. The normalized spacial score (nSPS) is 15.2. The van der Waals surface area contributed by atoms with E-state index in [-0.39, 0.29) is 35.3 Å². The summed E-state index contributed by atoms with van der Waals surface area (Å²) in [6.07, 6.45) is -4.67. The zero-order valence-electron chi connectivity index (χ0n) is 16.5. The van der Waals surface area contributed by atoms with Gasteiger partial charge in [-0.15, -0.1) is 0 Å². The van der Waals surface area contributed by atoms with E-state index in [4.69, 9.17) is 0 Å². The Balaban J connectivity index is 1.88. The third kappa shape index (κ3) is 4.86. The number of halogens is 3.